The number of morpholine rings is 1. The number of carbonyl (C=O) groups is 2. The van der Waals surface area contributed by atoms with Gasteiger partial charge in [0.05, 0.1) is 23.9 Å². The molecule has 0 bridgehead atoms. The van der Waals surface area contributed by atoms with Crippen LogP contribution in [0.4, 0.5) is 5.69 Å². The van der Waals surface area contributed by atoms with Gasteiger partial charge in [-0.25, -0.2) is 8.42 Å². The molecule has 2 amide bonds. The van der Waals surface area contributed by atoms with Crippen molar-refractivity contribution in [2.45, 2.75) is 31.1 Å². The SMILES string of the molecule is CCC(=O)N1CCc2cc(S(=O)(=O)CCC(=O)N3CCOCC3)ccc21. The van der Waals surface area contributed by atoms with Crippen LogP contribution in [-0.2, 0) is 30.6 Å². The summed E-state index contributed by atoms with van der Waals surface area (Å²) in [6, 6.07) is 4.88. The van der Waals surface area contributed by atoms with Gasteiger partial charge in [0.15, 0.2) is 9.84 Å². The summed E-state index contributed by atoms with van der Waals surface area (Å²) in [7, 11) is -3.54. The molecule has 2 aliphatic heterocycles. The van der Waals surface area contributed by atoms with Crippen molar-refractivity contribution in [2.75, 3.05) is 43.5 Å². The zero-order chi connectivity index (χ0) is 18.7. The van der Waals surface area contributed by atoms with E-state index in [1.165, 1.54) is 6.07 Å². The number of amides is 2. The maximum absolute atomic E-state index is 12.6. The van der Waals surface area contributed by atoms with Gasteiger partial charge in [0.25, 0.3) is 0 Å². The molecule has 3 rings (SSSR count). The molecule has 8 heteroatoms. The van der Waals surface area contributed by atoms with Gasteiger partial charge in [-0.2, -0.15) is 0 Å². The van der Waals surface area contributed by atoms with Crippen LogP contribution in [-0.4, -0.2) is 63.7 Å². The van der Waals surface area contributed by atoms with Gasteiger partial charge in [-0.15, -0.1) is 0 Å². The first-order chi connectivity index (χ1) is 12.4. The van der Waals surface area contributed by atoms with Crippen LogP contribution in [0, 0.1) is 0 Å². The Bertz CT molecular complexity index is 800. The molecule has 2 heterocycles. The summed E-state index contributed by atoms with van der Waals surface area (Å²) in [5.74, 6) is -0.326. The van der Waals surface area contributed by atoms with Crippen molar-refractivity contribution in [3.63, 3.8) is 0 Å². The number of ether oxygens (including phenoxy) is 1. The quantitative estimate of drug-likeness (QED) is 0.761. The predicted molar refractivity (Wildman–Crippen MR) is 96.9 cm³/mol. The van der Waals surface area contributed by atoms with E-state index < -0.39 is 9.84 Å². The fourth-order valence-electron chi connectivity index (χ4n) is 3.33. The Hall–Kier alpha value is -1.93. The van der Waals surface area contributed by atoms with E-state index in [-0.39, 0.29) is 28.9 Å². The molecule has 0 radical (unpaired) electrons. The lowest BCUT2D eigenvalue weighted by molar-refractivity contribution is -0.134. The summed E-state index contributed by atoms with van der Waals surface area (Å²) in [6.07, 6.45) is 1.04. The van der Waals surface area contributed by atoms with Crippen LogP contribution in [0.5, 0.6) is 0 Å². The first-order valence-corrected chi connectivity index (χ1v) is 10.6. The smallest absolute Gasteiger partial charge is 0.226 e. The van der Waals surface area contributed by atoms with Crippen LogP contribution in [0.25, 0.3) is 0 Å². The second-order valence-corrected chi connectivity index (χ2v) is 8.61. The van der Waals surface area contributed by atoms with Crippen molar-refractivity contribution in [1.29, 1.82) is 0 Å². The largest absolute Gasteiger partial charge is 0.378 e. The summed E-state index contributed by atoms with van der Waals surface area (Å²) in [5.41, 5.74) is 1.66. The Kier molecular flexibility index (Phi) is 5.62. The minimum Gasteiger partial charge on any atom is -0.378 e. The minimum absolute atomic E-state index is 0.0279. The number of carbonyl (C=O) groups excluding carboxylic acids is 2. The van der Waals surface area contributed by atoms with Crippen molar-refractivity contribution in [2.24, 2.45) is 0 Å². The van der Waals surface area contributed by atoms with Crippen LogP contribution in [0.2, 0.25) is 0 Å². The summed E-state index contributed by atoms with van der Waals surface area (Å²) in [6.45, 7) is 4.41. The molecule has 0 aromatic heterocycles. The third-order valence-corrected chi connectivity index (χ3v) is 6.57. The number of benzene rings is 1. The van der Waals surface area contributed by atoms with Gasteiger partial charge in [0.2, 0.25) is 11.8 Å². The van der Waals surface area contributed by atoms with Gasteiger partial charge in [0.1, 0.15) is 0 Å². The van der Waals surface area contributed by atoms with Crippen molar-refractivity contribution in [3.8, 4) is 0 Å². The topological polar surface area (TPSA) is 84.0 Å². The molecule has 1 saturated heterocycles. The van der Waals surface area contributed by atoms with Gasteiger partial charge in [-0.3, -0.25) is 9.59 Å². The number of nitrogens with zero attached hydrogens (tertiary/aromatic N) is 2. The highest BCUT2D eigenvalue weighted by molar-refractivity contribution is 7.91. The third-order valence-electron chi connectivity index (χ3n) is 4.86. The Labute approximate surface area is 153 Å². The molecule has 2 aliphatic rings. The highest BCUT2D eigenvalue weighted by atomic mass is 32.2. The molecule has 7 nitrogen and oxygen atoms in total. The van der Waals surface area contributed by atoms with Crippen molar-refractivity contribution in [3.05, 3.63) is 23.8 Å². The zero-order valence-electron chi connectivity index (χ0n) is 14.9. The fourth-order valence-corrected chi connectivity index (χ4v) is 4.61. The summed E-state index contributed by atoms with van der Waals surface area (Å²) >= 11 is 0. The summed E-state index contributed by atoms with van der Waals surface area (Å²) < 4.78 is 30.4. The van der Waals surface area contributed by atoms with E-state index in [1.54, 1.807) is 21.9 Å². The molecular weight excluding hydrogens is 356 g/mol. The molecule has 1 fully saturated rings. The van der Waals surface area contributed by atoms with Crippen LogP contribution in [0.3, 0.4) is 0 Å². The van der Waals surface area contributed by atoms with E-state index in [4.69, 9.17) is 4.74 Å². The van der Waals surface area contributed by atoms with E-state index in [2.05, 4.69) is 0 Å². The Morgan fingerprint density at radius 1 is 1.12 bits per heavy atom. The number of anilines is 1. The van der Waals surface area contributed by atoms with Gasteiger partial charge < -0.3 is 14.5 Å². The number of hydrogen-bond acceptors (Lipinski definition) is 5. The van der Waals surface area contributed by atoms with Crippen LogP contribution >= 0.6 is 0 Å². The van der Waals surface area contributed by atoms with Gasteiger partial charge in [-0.1, -0.05) is 6.92 Å². The van der Waals surface area contributed by atoms with E-state index in [1.807, 2.05) is 6.92 Å². The molecule has 0 unspecified atom stereocenters. The zero-order valence-corrected chi connectivity index (χ0v) is 15.8. The molecule has 0 saturated carbocycles. The third kappa shape index (κ3) is 3.91. The lowest BCUT2D eigenvalue weighted by atomic mass is 10.2. The molecular formula is C18H24N2O5S. The van der Waals surface area contributed by atoms with Crippen LogP contribution < -0.4 is 4.90 Å². The highest BCUT2D eigenvalue weighted by Crippen LogP contribution is 2.31. The van der Waals surface area contributed by atoms with Gasteiger partial charge in [-0.05, 0) is 30.2 Å². The Morgan fingerprint density at radius 3 is 2.54 bits per heavy atom. The lowest BCUT2D eigenvalue weighted by Crippen LogP contribution is -2.41. The van der Waals surface area contributed by atoms with Crippen LogP contribution in [0.1, 0.15) is 25.3 Å². The number of hydrogen-bond donors (Lipinski definition) is 0. The molecule has 0 aliphatic carbocycles. The number of rotatable bonds is 5. The molecule has 0 N–H and O–H groups in total. The first kappa shape index (κ1) is 18.8. The lowest BCUT2D eigenvalue weighted by Gasteiger charge is -2.26. The second kappa shape index (κ2) is 7.75. The van der Waals surface area contributed by atoms with Crippen molar-refractivity contribution < 1.29 is 22.7 Å². The normalized spacial score (nSPS) is 17.3. The van der Waals surface area contributed by atoms with Crippen molar-refractivity contribution in [1.82, 2.24) is 4.90 Å². The summed E-state index contributed by atoms with van der Waals surface area (Å²) in [4.78, 5) is 27.7. The average Bonchev–Trinajstić information content (AvgIpc) is 3.09. The first-order valence-electron chi connectivity index (χ1n) is 8.94. The number of fused-ring (bicyclic) bond motifs is 1. The van der Waals surface area contributed by atoms with E-state index >= 15 is 0 Å². The molecule has 0 atom stereocenters. The van der Waals surface area contributed by atoms with E-state index in [0.717, 1.165) is 11.3 Å². The monoisotopic (exact) mass is 380 g/mol. The molecule has 1 aromatic rings. The minimum atomic E-state index is -3.54. The molecule has 26 heavy (non-hydrogen) atoms. The number of sulfone groups is 1. The second-order valence-electron chi connectivity index (χ2n) is 6.50. The Morgan fingerprint density at radius 2 is 1.85 bits per heavy atom. The van der Waals surface area contributed by atoms with Gasteiger partial charge >= 0.3 is 0 Å². The maximum Gasteiger partial charge on any atom is 0.226 e. The predicted octanol–water partition coefficient (Wildman–Crippen LogP) is 1.01. The standard InChI is InChI=1S/C18H24N2O5S/c1-2-17(21)20-7-5-14-13-15(3-4-16(14)20)26(23,24)12-6-18(22)19-8-10-25-11-9-19/h3-4,13H,2,5-12H2,1H3. The van der Waals surface area contributed by atoms with E-state index in [0.29, 0.717) is 45.7 Å². The highest BCUT2D eigenvalue weighted by Gasteiger charge is 2.26. The fraction of sp³-hybridized carbons (Fsp3) is 0.556. The average molecular weight is 380 g/mol. The molecule has 142 valence electrons. The van der Waals surface area contributed by atoms with Crippen molar-refractivity contribution >= 4 is 27.3 Å². The Balaban J connectivity index is 1.68. The van der Waals surface area contributed by atoms with E-state index in [9.17, 15) is 18.0 Å². The summed E-state index contributed by atoms with van der Waals surface area (Å²) in [5, 5.41) is 0. The van der Waals surface area contributed by atoms with Gasteiger partial charge in [0, 0.05) is 38.2 Å². The molecule has 1 aromatic carbocycles. The van der Waals surface area contributed by atoms with Crippen LogP contribution in [0.15, 0.2) is 23.1 Å². The maximum atomic E-state index is 12.6. The molecule has 0 spiro atoms.